The minimum Gasteiger partial charge on any atom is -0.496 e. The first kappa shape index (κ1) is 20.1. The SMILES string of the molecule is COc1ccccc1CCC(=O)N1CCCC(C(=O)c2cccc3ccccc23)C1. The molecule has 1 amide bonds. The summed E-state index contributed by atoms with van der Waals surface area (Å²) in [7, 11) is 1.65. The molecule has 0 aliphatic carbocycles. The third kappa shape index (κ3) is 4.23. The average Bonchev–Trinajstić information content (AvgIpc) is 2.82. The second-order valence-electron chi connectivity index (χ2n) is 7.88. The van der Waals surface area contributed by atoms with E-state index in [1.54, 1.807) is 7.11 Å². The number of nitrogens with zero attached hydrogens (tertiary/aromatic N) is 1. The van der Waals surface area contributed by atoms with Crippen LogP contribution in [0.15, 0.2) is 66.7 Å². The lowest BCUT2D eigenvalue weighted by Crippen LogP contribution is -2.42. The lowest BCUT2D eigenvalue weighted by Gasteiger charge is -2.32. The maximum absolute atomic E-state index is 13.3. The van der Waals surface area contributed by atoms with Gasteiger partial charge in [-0.05, 0) is 41.7 Å². The zero-order chi connectivity index (χ0) is 20.9. The van der Waals surface area contributed by atoms with E-state index in [4.69, 9.17) is 4.74 Å². The molecule has 30 heavy (non-hydrogen) atoms. The molecule has 1 unspecified atom stereocenters. The zero-order valence-corrected chi connectivity index (χ0v) is 17.3. The molecular weight excluding hydrogens is 374 g/mol. The van der Waals surface area contributed by atoms with Crippen molar-refractivity contribution in [2.45, 2.75) is 25.7 Å². The van der Waals surface area contributed by atoms with E-state index in [9.17, 15) is 9.59 Å². The number of ether oxygens (including phenoxy) is 1. The fraction of sp³-hybridized carbons (Fsp3) is 0.308. The molecule has 154 valence electrons. The van der Waals surface area contributed by atoms with E-state index in [-0.39, 0.29) is 17.6 Å². The van der Waals surface area contributed by atoms with Crippen molar-refractivity contribution in [1.29, 1.82) is 0 Å². The van der Waals surface area contributed by atoms with Crippen molar-refractivity contribution in [2.24, 2.45) is 5.92 Å². The fourth-order valence-electron chi connectivity index (χ4n) is 4.39. The van der Waals surface area contributed by atoms with E-state index < -0.39 is 0 Å². The molecule has 4 rings (SSSR count). The van der Waals surface area contributed by atoms with E-state index in [2.05, 4.69) is 0 Å². The molecule has 1 aliphatic heterocycles. The van der Waals surface area contributed by atoms with Crippen LogP contribution < -0.4 is 4.74 Å². The van der Waals surface area contributed by atoms with Crippen LogP contribution in [0.4, 0.5) is 0 Å². The van der Waals surface area contributed by atoms with Crippen molar-refractivity contribution in [1.82, 2.24) is 4.90 Å². The predicted molar refractivity (Wildman–Crippen MR) is 119 cm³/mol. The van der Waals surface area contributed by atoms with Gasteiger partial charge in [0.25, 0.3) is 0 Å². The van der Waals surface area contributed by atoms with Crippen molar-refractivity contribution < 1.29 is 14.3 Å². The van der Waals surface area contributed by atoms with E-state index in [1.165, 1.54) is 0 Å². The molecule has 3 aromatic rings. The van der Waals surface area contributed by atoms with Crippen LogP contribution in [-0.2, 0) is 11.2 Å². The number of carbonyl (C=O) groups is 2. The van der Waals surface area contributed by atoms with Gasteiger partial charge in [-0.2, -0.15) is 0 Å². The largest absolute Gasteiger partial charge is 0.496 e. The van der Waals surface area contributed by atoms with Gasteiger partial charge in [-0.15, -0.1) is 0 Å². The normalized spacial score (nSPS) is 16.4. The highest BCUT2D eigenvalue weighted by atomic mass is 16.5. The van der Waals surface area contributed by atoms with Gasteiger partial charge in [-0.3, -0.25) is 9.59 Å². The Morgan fingerprint density at radius 1 is 1.00 bits per heavy atom. The molecule has 0 N–H and O–H groups in total. The van der Waals surface area contributed by atoms with Crippen LogP contribution in [0, 0.1) is 5.92 Å². The Morgan fingerprint density at radius 2 is 1.77 bits per heavy atom. The number of hydrogen-bond acceptors (Lipinski definition) is 3. The third-order valence-corrected chi connectivity index (χ3v) is 6.00. The highest BCUT2D eigenvalue weighted by Crippen LogP contribution is 2.27. The molecule has 0 aromatic heterocycles. The minimum absolute atomic E-state index is 0.108. The summed E-state index contributed by atoms with van der Waals surface area (Å²) in [6, 6.07) is 21.7. The van der Waals surface area contributed by atoms with Gasteiger partial charge in [0.05, 0.1) is 7.11 Å². The lowest BCUT2D eigenvalue weighted by molar-refractivity contribution is -0.132. The fourth-order valence-corrected chi connectivity index (χ4v) is 4.39. The van der Waals surface area contributed by atoms with Gasteiger partial charge in [0.15, 0.2) is 5.78 Å². The summed E-state index contributed by atoms with van der Waals surface area (Å²) >= 11 is 0. The summed E-state index contributed by atoms with van der Waals surface area (Å²) in [5.74, 6) is 0.929. The van der Waals surface area contributed by atoms with Crippen molar-refractivity contribution in [3.05, 3.63) is 77.9 Å². The highest BCUT2D eigenvalue weighted by molar-refractivity contribution is 6.09. The van der Waals surface area contributed by atoms with Crippen LogP contribution >= 0.6 is 0 Å². The Bertz CT molecular complexity index is 1050. The Labute approximate surface area is 177 Å². The quantitative estimate of drug-likeness (QED) is 0.552. The molecule has 0 spiro atoms. The van der Waals surface area contributed by atoms with Gasteiger partial charge in [0.2, 0.25) is 5.91 Å². The summed E-state index contributed by atoms with van der Waals surface area (Å²) in [5, 5.41) is 2.06. The number of amides is 1. The number of Topliss-reactive ketones (excluding diaryl/α,β-unsaturated/α-hetero) is 1. The first-order valence-electron chi connectivity index (χ1n) is 10.6. The van der Waals surface area contributed by atoms with Crippen LogP contribution in [0.3, 0.4) is 0 Å². The molecule has 0 saturated carbocycles. The van der Waals surface area contributed by atoms with Crippen LogP contribution in [0.5, 0.6) is 5.75 Å². The Morgan fingerprint density at radius 3 is 2.63 bits per heavy atom. The molecule has 0 bridgehead atoms. The van der Waals surface area contributed by atoms with Crippen molar-refractivity contribution >= 4 is 22.5 Å². The minimum atomic E-state index is -0.139. The number of ketones is 1. The first-order chi connectivity index (χ1) is 14.7. The number of benzene rings is 3. The number of rotatable bonds is 6. The Kier molecular flexibility index (Phi) is 6.12. The smallest absolute Gasteiger partial charge is 0.222 e. The molecule has 1 heterocycles. The van der Waals surface area contributed by atoms with Gasteiger partial charge in [-0.25, -0.2) is 0 Å². The van der Waals surface area contributed by atoms with E-state index in [1.807, 2.05) is 71.6 Å². The molecule has 1 saturated heterocycles. The molecule has 4 heteroatoms. The lowest BCUT2D eigenvalue weighted by atomic mass is 9.87. The summed E-state index contributed by atoms with van der Waals surface area (Å²) in [6.07, 6.45) is 2.76. The Hall–Kier alpha value is -3.14. The monoisotopic (exact) mass is 401 g/mol. The van der Waals surface area contributed by atoms with Crippen molar-refractivity contribution in [3.8, 4) is 5.75 Å². The van der Waals surface area contributed by atoms with Gasteiger partial charge in [0.1, 0.15) is 5.75 Å². The number of hydrogen-bond donors (Lipinski definition) is 0. The average molecular weight is 402 g/mol. The summed E-state index contributed by atoms with van der Waals surface area (Å²) in [5.41, 5.74) is 1.80. The zero-order valence-electron chi connectivity index (χ0n) is 17.3. The van der Waals surface area contributed by atoms with Gasteiger partial charge in [-0.1, -0.05) is 60.7 Å². The standard InChI is InChI=1S/C26H27NO3/c1-30-24-14-5-3-9-20(24)15-16-25(28)27-17-7-11-21(18-27)26(29)23-13-6-10-19-8-2-4-12-22(19)23/h2-6,8-10,12-14,21H,7,11,15-18H2,1H3. The first-order valence-corrected chi connectivity index (χ1v) is 10.6. The number of carbonyl (C=O) groups excluding carboxylic acids is 2. The van der Waals surface area contributed by atoms with Crippen LogP contribution in [-0.4, -0.2) is 36.8 Å². The van der Waals surface area contributed by atoms with E-state index >= 15 is 0 Å². The van der Waals surface area contributed by atoms with Crippen LogP contribution in [0.2, 0.25) is 0 Å². The van der Waals surface area contributed by atoms with Crippen molar-refractivity contribution in [3.63, 3.8) is 0 Å². The summed E-state index contributed by atoms with van der Waals surface area (Å²) in [4.78, 5) is 28.0. The maximum atomic E-state index is 13.3. The van der Waals surface area contributed by atoms with E-state index in [0.717, 1.165) is 47.0 Å². The number of likely N-dealkylation sites (tertiary alicyclic amines) is 1. The summed E-state index contributed by atoms with van der Waals surface area (Å²) in [6.45, 7) is 1.23. The second-order valence-corrected chi connectivity index (χ2v) is 7.88. The molecule has 0 radical (unpaired) electrons. The molecule has 4 nitrogen and oxygen atoms in total. The van der Waals surface area contributed by atoms with E-state index in [0.29, 0.717) is 19.4 Å². The molecule has 3 aromatic carbocycles. The number of para-hydroxylation sites is 1. The van der Waals surface area contributed by atoms with Crippen LogP contribution in [0.25, 0.3) is 10.8 Å². The molecule has 1 aliphatic rings. The number of piperidine rings is 1. The topological polar surface area (TPSA) is 46.6 Å². The predicted octanol–water partition coefficient (Wildman–Crippen LogP) is 4.90. The highest BCUT2D eigenvalue weighted by Gasteiger charge is 2.29. The van der Waals surface area contributed by atoms with Gasteiger partial charge in [0, 0.05) is 31.0 Å². The maximum Gasteiger partial charge on any atom is 0.222 e. The Balaban J connectivity index is 1.43. The van der Waals surface area contributed by atoms with Crippen LogP contribution in [0.1, 0.15) is 35.2 Å². The number of methoxy groups -OCH3 is 1. The number of fused-ring (bicyclic) bond motifs is 1. The third-order valence-electron chi connectivity index (χ3n) is 6.00. The summed E-state index contributed by atoms with van der Waals surface area (Å²) < 4.78 is 5.39. The molecule has 1 fully saturated rings. The second kappa shape index (κ2) is 9.12. The number of aryl methyl sites for hydroxylation is 1. The molecule has 1 atom stereocenters. The van der Waals surface area contributed by atoms with Crippen molar-refractivity contribution in [2.75, 3.05) is 20.2 Å². The van der Waals surface area contributed by atoms with Gasteiger partial charge >= 0.3 is 0 Å². The van der Waals surface area contributed by atoms with Gasteiger partial charge < -0.3 is 9.64 Å². The molecular formula is C26H27NO3.